The summed E-state index contributed by atoms with van der Waals surface area (Å²) in [4.78, 5) is 101. The first-order chi connectivity index (χ1) is 33.6. The molecule has 0 heterocycles. The van der Waals surface area contributed by atoms with Gasteiger partial charge in [-0.3, -0.25) is 38.4 Å². The number of aliphatic hydroxyl groups is 1. The summed E-state index contributed by atoms with van der Waals surface area (Å²) in [5.74, 6) is -5.03. The molecule has 0 aromatic rings. The second-order valence-corrected chi connectivity index (χ2v) is 16.8. The van der Waals surface area contributed by atoms with Gasteiger partial charge in [0.2, 0.25) is 35.4 Å². The van der Waals surface area contributed by atoms with Crippen molar-refractivity contribution >= 4 is 65.1 Å². The van der Waals surface area contributed by atoms with E-state index in [9.17, 15) is 43.2 Å². The molecule has 0 saturated carbocycles. The molecule has 0 aromatic heterocycles. The van der Waals surface area contributed by atoms with Gasteiger partial charge in [-0.15, -0.1) is 11.8 Å². The molecule has 24 nitrogen and oxygen atoms in total. The van der Waals surface area contributed by atoms with Crippen LogP contribution >= 0.6 is 11.8 Å². The van der Waals surface area contributed by atoms with E-state index in [1.54, 1.807) is 6.92 Å². The monoisotopic (exact) mass is 1030 g/mol. The maximum atomic E-state index is 11.9. The quantitative estimate of drug-likeness (QED) is 0.0359. The molecule has 0 radical (unpaired) electrons. The average Bonchev–Trinajstić information content (AvgIpc) is 3.32. The van der Waals surface area contributed by atoms with Crippen LogP contribution in [0.4, 0.5) is 0 Å². The van der Waals surface area contributed by atoms with Gasteiger partial charge in [0.15, 0.2) is 0 Å². The number of hydrogen-bond donors (Lipinski definition) is 11. The highest BCUT2D eigenvalue weighted by molar-refractivity contribution is 8.00. The zero-order valence-electron chi connectivity index (χ0n) is 41.1. The van der Waals surface area contributed by atoms with Gasteiger partial charge in [-0.2, -0.15) is 0 Å². The van der Waals surface area contributed by atoms with Crippen molar-refractivity contribution in [2.75, 3.05) is 104 Å². The molecule has 0 saturated heterocycles. The van der Waals surface area contributed by atoms with Gasteiger partial charge in [0, 0.05) is 51.2 Å². The summed E-state index contributed by atoms with van der Waals surface area (Å²) in [5.41, 5.74) is 5.66. The minimum absolute atomic E-state index is 0.00360. The Balaban J connectivity index is 0. The molecule has 0 aliphatic heterocycles. The summed E-state index contributed by atoms with van der Waals surface area (Å²) in [7, 11) is 0. The number of carbonyl (C=O) groups excluding carboxylic acids is 6. The largest absolute Gasteiger partial charge is 0.481 e. The third kappa shape index (κ3) is 49.8. The Morgan fingerprint density at radius 3 is 1.37 bits per heavy atom. The maximum absolute atomic E-state index is 11.9. The molecule has 12 N–H and O–H groups in total. The van der Waals surface area contributed by atoms with E-state index in [0.29, 0.717) is 39.0 Å². The molecule has 0 bridgehead atoms. The number of carboxylic acid groups (broad SMARTS) is 3. The molecular formula is C45H83N7O17S. The number of ether oxygens (including phenoxy) is 4. The summed E-state index contributed by atoms with van der Waals surface area (Å²) in [6.45, 7) is 2.98. The highest BCUT2D eigenvalue weighted by atomic mass is 32.2. The fourth-order valence-corrected chi connectivity index (χ4v) is 6.55. The van der Waals surface area contributed by atoms with Crippen molar-refractivity contribution in [3.05, 3.63) is 0 Å². The van der Waals surface area contributed by atoms with E-state index < -0.39 is 42.5 Å². The van der Waals surface area contributed by atoms with Crippen LogP contribution in [-0.2, 0) is 62.1 Å². The number of unbranched alkanes of at least 4 members (excludes halogenated alkanes) is 13. The van der Waals surface area contributed by atoms with Gasteiger partial charge < -0.3 is 77.0 Å². The Labute approximate surface area is 416 Å². The van der Waals surface area contributed by atoms with Crippen LogP contribution in [0.2, 0.25) is 0 Å². The summed E-state index contributed by atoms with van der Waals surface area (Å²) in [6, 6.07) is -2.51. The van der Waals surface area contributed by atoms with Gasteiger partial charge in [-0.1, -0.05) is 84.0 Å². The Bertz CT molecular complexity index is 1450. The van der Waals surface area contributed by atoms with E-state index in [0.717, 1.165) is 50.3 Å². The molecule has 0 unspecified atom stereocenters. The highest BCUT2D eigenvalue weighted by Gasteiger charge is 2.22. The van der Waals surface area contributed by atoms with Crippen LogP contribution in [0.1, 0.15) is 116 Å². The molecular weight excluding hydrogens is 943 g/mol. The Morgan fingerprint density at radius 2 is 0.929 bits per heavy atom. The lowest BCUT2D eigenvalue weighted by atomic mass is 10.0. The smallest absolute Gasteiger partial charge is 0.328 e. The Hall–Kier alpha value is -4.66. The highest BCUT2D eigenvalue weighted by Crippen LogP contribution is 2.14. The number of rotatable bonds is 47. The lowest BCUT2D eigenvalue weighted by Gasteiger charge is -2.15. The van der Waals surface area contributed by atoms with Gasteiger partial charge >= 0.3 is 17.9 Å². The summed E-state index contributed by atoms with van der Waals surface area (Å²) in [5, 5.41) is 49.7. The van der Waals surface area contributed by atoms with Crippen molar-refractivity contribution in [2.24, 2.45) is 5.73 Å². The number of carboxylic acids is 3. The van der Waals surface area contributed by atoms with E-state index in [-0.39, 0.29) is 107 Å². The Kier molecular flexibility index (Phi) is 47.5. The first-order valence-corrected chi connectivity index (χ1v) is 25.3. The van der Waals surface area contributed by atoms with E-state index >= 15 is 0 Å². The van der Waals surface area contributed by atoms with E-state index in [4.69, 9.17) is 45.1 Å². The van der Waals surface area contributed by atoms with Crippen molar-refractivity contribution in [3.63, 3.8) is 0 Å². The van der Waals surface area contributed by atoms with Crippen LogP contribution in [0.5, 0.6) is 0 Å². The van der Waals surface area contributed by atoms with Crippen molar-refractivity contribution in [1.82, 2.24) is 31.9 Å². The van der Waals surface area contributed by atoms with Crippen LogP contribution < -0.4 is 37.6 Å². The first-order valence-electron chi connectivity index (χ1n) is 24.2. The molecule has 0 aromatic carbocycles. The number of nitrogens with two attached hydrogens (primary N) is 1. The number of nitrogens with one attached hydrogen (secondary N) is 6. The fraction of sp³-hybridized carbons (Fsp3) is 0.800. The van der Waals surface area contributed by atoms with Gasteiger partial charge in [0.1, 0.15) is 25.8 Å². The predicted molar refractivity (Wildman–Crippen MR) is 260 cm³/mol. The van der Waals surface area contributed by atoms with Crippen LogP contribution in [0, 0.1) is 0 Å². The fourth-order valence-electron chi connectivity index (χ4n) is 5.74. The van der Waals surface area contributed by atoms with Crippen molar-refractivity contribution in [2.45, 2.75) is 128 Å². The van der Waals surface area contributed by atoms with Crippen molar-refractivity contribution < 1.29 is 82.5 Å². The molecule has 6 amide bonds. The third-order valence-electron chi connectivity index (χ3n) is 9.58. The van der Waals surface area contributed by atoms with Crippen LogP contribution in [-0.4, -0.2) is 190 Å². The second-order valence-electron chi connectivity index (χ2n) is 15.8. The molecule has 0 aliphatic carbocycles. The number of amides is 6. The van der Waals surface area contributed by atoms with Gasteiger partial charge in [0.25, 0.3) is 0 Å². The summed E-state index contributed by atoms with van der Waals surface area (Å²) in [6.07, 6.45) is 17.2. The van der Waals surface area contributed by atoms with Gasteiger partial charge in [-0.25, -0.2) is 4.79 Å². The number of hydrogen-bond acceptors (Lipinski definition) is 16. The maximum Gasteiger partial charge on any atom is 0.328 e. The predicted octanol–water partition coefficient (Wildman–Crippen LogP) is 0.0632. The number of thioether (sulfide) groups is 1. The molecule has 70 heavy (non-hydrogen) atoms. The minimum Gasteiger partial charge on any atom is -0.481 e. The van der Waals surface area contributed by atoms with E-state index in [2.05, 4.69) is 31.9 Å². The Morgan fingerprint density at radius 1 is 0.500 bits per heavy atom. The van der Waals surface area contributed by atoms with Crippen molar-refractivity contribution in [3.8, 4) is 0 Å². The average molecular weight is 1030 g/mol. The van der Waals surface area contributed by atoms with Crippen LogP contribution in [0.3, 0.4) is 0 Å². The topological polar surface area (TPSA) is 370 Å². The first kappa shape index (κ1) is 67.4. The van der Waals surface area contributed by atoms with Crippen molar-refractivity contribution in [1.29, 1.82) is 0 Å². The lowest BCUT2D eigenvalue weighted by molar-refractivity contribution is -0.143. The third-order valence-corrected chi connectivity index (χ3v) is 10.6. The zero-order chi connectivity index (χ0) is 52.5. The van der Waals surface area contributed by atoms with E-state index in [1.165, 1.54) is 51.4 Å². The van der Waals surface area contributed by atoms with Crippen LogP contribution in [0.25, 0.3) is 0 Å². The number of aliphatic hydroxyl groups excluding tert-OH is 1. The molecule has 2 atom stereocenters. The van der Waals surface area contributed by atoms with Gasteiger partial charge in [0.05, 0.1) is 58.0 Å². The van der Waals surface area contributed by atoms with Gasteiger partial charge in [-0.05, 0) is 12.8 Å². The molecule has 0 rings (SSSR count). The van der Waals surface area contributed by atoms with Crippen LogP contribution in [0.15, 0.2) is 0 Å². The molecule has 25 heteroatoms. The standard InChI is InChI=1S/C25H46N6O12S.C20H37NO5/c1-2-20(33)29-5-7-40-9-12-43-15-22(35)30-6-8-41-10-11-42-14-21(34)27-3-4-28-23(36)17-44-16-18(26)24(37)31-19(13-32)25(38)39;22-18(21-17-20(25)26)15-13-11-9-7-5-3-1-2-4-6-8-10-12-14-16-19(23)24/h18-19,32H,2-17,26H2,1H3,(H,27,34)(H,28,36)(H,29,33)(H,30,35)(H,31,37)(H,38,39);1-17H2,(H,21,22)(H,23,24)(H,25,26)/t18-,19-;/m0./s1. The molecule has 0 spiro atoms. The number of aliphatic carboxylic acids is 3. The summed E-state index contributed by atoms with van der Waals surface area (Å²) >= 11 is 1.07. The van der Waals surface area contributed by atoms with E-state index in [1.807, 2.05) is 0 Å². The zero-order valence-corrected chi connectivity index (χ0v) is 41.9. The summed E-state index contributed by atoms with van der Waals surface area (Å²) < 4.78 is 21.0. The SMILES string of the molecule is CCC(=O)NCCOCCOCC(=O)NCCOCCOCC(=O)NCCNC(=O)CSC[C@H](N)C(=O)N[C@@H](CO)C(=O)O.O=C(O)CCCCCCCCCCCCCCCCC(=O)NCC(=O)O. The lowest BCUT2D eigenvalue weighted by Crippen LogP contribution is -2.50. The molecule has 0 aliphatic rings. The molecule has 406 valence electrons. The number of carbonyl (C=O) groups is 9. The second kappa shape index (κ2) is 49.3. The minimum atomic E-state index is -1.45. The molecule has 0 fully saturated rings. The normalized spacial score (nSPS) is 11.5.